The summed E-state index contributed by atoms with van der Waals surface area (Å²) >= 11 is 6.15. The molecular formula is C25H19ClF6N6O2. The molecule has 0 saturated heterocycles. The van der Waals surface area contributed by atoms with Crippen LogP contribution in [0.2, 0.25) is 0 Å². The topological polar surface area (TPSA) is 84.5 Å². The summed E-state index contributed by atoms with van der Waals surface area (Å²) in [6.45, 7) is -0.498. The fourth-order valence-electron chi connectivity index (χ4n) is 4.06. The molecule has 2 aliphatic rings. The lowest BCUT2D eigenvalue weighted by molar-refractivity contribution is -0.274. The molecule has 15 heteroatoms. The summed E-state index contributed by atoms with van der Waals surface area (Å²) in [6.07, 6.45) is -5.93. The molecule has 40 heavy (non-hydrogen) atoms. The van der Waals surface area contributed by atoms with E-state index in [1.54, 1.807) is 0 Å². The van der Waals surface area contributed by atoms with Crippen LogP contribution in [0.25, 0.3) is 0 Å². The summed E-state index contributed by atoms with van der Waals surface area (Å²) in [5.41, 5.74) is -0.660. The van der Waals surface area contributed by atoms with Gasteiger partial charge >= 0.3 is 18.6 Å². The van der Waals surface area contributed by atoms with Gasteiger partial charge in [0.1, 0.15) is 12.3 Å². The smallest absolute Gasteiger partial charge is 0.406 e. The molecule has 0 saturated carbocycles. The van der Waals surface area contributed by atoms with Gasteiger partial charge in [-0.3, -0.25) is 9.91 Å². The van der Waals surface area contributed by atoms with Crippen LogP contribution in [0.15, 0.2) is 70.0 Å². The number of benzene rings is 2. The second-order valence-electron chi connectivity index (χ2n) is 8.52. The van der Waals surface area contributed by atoms with Crippen molar-refractivity contribution in [3.63, 3.8) is 0 Å². The molecule has 0 bridgehead atoms. The van der Waals surface area contributed by atoms with Crippen LogP contribution in [0.1, 0.15) is 24.0 Å². The minimum Gasteiger partial charge on any atom is -0.406 e. The van der Waals surface area contributed by atoms with Crippen LogP contribution in [0, 0.1) is 11.3 Å². The Kier molecular flexibility index (Phi) is 8.24. The third-order valence-corrected chi connectivity index (χ3v) is 6.05. The summed E-state index contributed by atoms with van der Waals surface area (Å²) in [4.78, 5) is 14.4. The zero-order chi connectivity index (χ0) is 29.1. The normalized spacial score (nSPS) is 17.6. The molecule has 4 rings (SSSR count). The van der Waals surface area contributed by atoms with Gasteiger partial charge in [0.05, 0.1) is 23.4 Å². The van der Waals surface area contributed by atoms with Gasteiger partial charge in [-0.2, -0.15) is 28.6 Å². The Morgan fingerprint density at radius 1 is 1.15 bits per heavy atom. The van der Waals surface area contributed by atoms with Crippen molar-refractivity contribution in [1.29, 1.82) is 5.26 Å². The van der Waals surface area contributed by atoms with Gasteiger partial charge < -0.3 is 4.74 Å². The van der Waals surface area contributed by atoms with E-state index in [0.29, 0.717) is 11.5 Å². The first kappa shape index (κ1) is 28.8. The van der Waals surface area contributed by atoms with Crippen LogP contribution in [0.3, 0.4) is 0 Å². The standard InChI is InChI=1S/C25H19ClF6N6O2/c26-18-8-11-34-38(15-18)21-9-12-37(35-22(21)16-2-1-3-17(14-16)24(27,28)29)23(39)36(13-10-33)19-4-6-20(7-5-19)40-25(30,31)32/h1-7,11,14-15,21H,8-9,12-13H2. The number of halogens is 7. The fourth-order valence-corrected chi connectivity index (χ4v) is 4.23. The van der Waals surface area contributed by atoms with Gasteiger partial charge in [0.25, 0.3) is 0 Å². The predicted octanol–water partition coefficient (Wildman–Crippen LogP) is 6.30. The third kappa shape index (κ3) is 6.84. The second kappa shape index (κ2) is 11.5. The molecule has 0 spiro atoms. The van der Waals surface area contributed by atoms with Gasteiger partial charge in [0.15, 0.2) is 0 Å². The maximum absolute atomic E-state index is 13.5. The van der Waals surface area contributed by atoms with Gasteiger partial charge in [-0.15, -0.1) is 13.2 Å². The molecule has 210 valence electrons. The minimum absolute atomic E-state index is 0.0133. The van der Waals surface area contributed by atoms with E-state index in [-0.39, 0.29) is 29.9 Å². The maximum Gasteiger partial charge on any atom is 0.573 e. The Labute approximate surface area is 229 Å². The number of nitrogens with zero attached hydrogens (tertiary/aromatic N) is 6. The average molecular weight is 585 g/mol. The molecule has 2 heterocycles. The monoisotopic (exact) mass is 584 g/mol. The van der Waals surface area contributed by atoms with Crippen molar-refractivity contribution in [1.82, 2.24) is 10.0 Å². The SMILES string of the molecule is N#CCN(C(=O)N1CCC(N2C=C(Cl)CC=N2)C(c2cccc(C(F)(F)F)c2)=N1)c1ccc(OC(F)(F)F)cc1. The number of alkyl halides is 6. The Bertz CT molecular complexity index is 1380. The van der Waals surface area contributed by atoms with Crippen molar-refractivity contribution in [3.05, 3.63) is 70.9 Å². The van der Waals surface area contributed by atoms with E-state index < -0.39 is 42.5 Å². The summed E-state index contributed by atoms with van der Waals surface area (Å²) in [5.74, 6) is -0.528. The van der Waals surface area contributed by atoms with Crippen LogP contribution < -0.4 is 9.64 Å². The van der Waals surface area contributed by atoms with E-state index >= 15 is 0 Å². The third-order valence-electron chi connectivity index (χ3n) is 5.80. The van der Waals surface area contributed by atoms with Gasteiger partial charge in [-0.05, 0) is 42.8 Å². The molecule has 1 unspecified atom stereocenters. The zero-order valence-electron chi connectivity index (χ0n) is 20.3. The van der Waals surface area contributed by atoms with Gasteiger partial charge in [-0.25, -0.2) is 9.80 Å². The number of hydrazone groups is 2. The molecule has 8 nitrogen and oxygen atoms in total. The average Bonchev–Trinajstić information content (AvgIpc) is 2.90. The molecule has 0 fully saturated rings. The number of rotatable bonds is 5. The molecule has 2 aromatic rings. The first-order valence-electron chi connectivity index (χ1n) is 11.6. The Hall–Kier alpha value is -4.25. The van der Waals surface area contributed by atoms with Crippen molar-refractivity contribution in [2.75, 3.05) is 18.0 Å². The Balaban J connectivity index is 1.70. The highest BCUT2D eigenvalue weighted by Gasteiger charge is 2.36. The molecule has 0 N–H and O–H groups in total. The first-order chi connectivity index (χ1) is 18.9. The quantitative estimate of drug-likeness (QED) is 0.305. The molecule has 2 aromatic carbocycles. The van der Waals surface area contributed by atoms with E-state index in [4.69, 9.17) is 11.6 Å². The predicted molar refractivity (Wildman–Crippen MR) is 133 cm³/mol. The number of allylic oxidation sites excluding steroid dienone is 1. The molecular weight excluding hydrogens is 566 g/mol. The van der Waals surface area contributed by atoms with Crippen molar-refractivity contribution < 1.29 is 35.9 Å². The van der Waals surface area contributed by atoms with Crippen LogP contribution in [-0.4, -0.2) is 53.5 Å². The van der Waals surface area contributed by atoms with Crippen molar-refractivity contribution >= 4 is 35.2 Å². The van der Waals surface area contributed by atoms with Crippen LogP contribution in [0.4, 0.5) is 36.8 Å². The number of ether oxygens (including phenoxy) is 1. The fraction of sp³-hybridized carbons (Fsp3) is 0.280. The highest BCUT2D eigenvalue weighted by Crippen LogP contribution is 2.32. The van der Waals surface area contributed by atoms with Crippen molar-refractivity contribution in [2.24, 2.45) is 10.2 Å². The van der Waals surface area contributed by atoms with Gasteiger partial charge in [0, 0.05) is 41.7 Å². The van der Waals surface area contributed by atoms with E-state index in [2.05, 4.69) is 14.9 Å². The summed E-state index contributed by atoms with van der Waals surface area (Å²) < 4.78 is 81.8. The number of carbonyl (C=O) groups excluding carboxylic acids is 1. The maximum atomic E-state index is 13.5. The molecule has 1 atom stereocenters. The number of nitriles is 1. The number of anilines is 1. The number of carbonyl (C=O) groups is 1. The lowest BCUT2D eigenvalue weighted by Crippen LogP contribution is -2.49. The molecule has 0 aromatic heterocycles. The summed E-state index contributed by atoms with van der Waals surface area (Å²) in [7, 11) is 0. The molecule has 2 aliphatic heterocycles. The molecule has 0 aliphatic carbocycles. The van der Waals surface area contributed by atoms with Gasteiger partial charge in [-0.1, -0.05) is 23.7 Å². The summed E-state index contributed by atoms with van der Waals surface area (Å²) in [5, 5.41) is 20.8. The number of hydrogen-bond acceptors (Lipinski definition) is 6. The summed E-state index contributed by atoms with van der Waals surface area (Å²) in [6, 6.07) is 9.05. The van der Waals surface area contributed by atoms with E-state index in [1.165, 1.54) is 29.6 Å². The van der Waals surface area contributed by atoms with Gasteiger partial charge in [0.2, 0.25) is 0 Å². The highest BCUT2D eigenvalue weighted by atomic mass is 35.5. The second-order valence-corrected chi connectivity index (χ2v) is 9.00. The zero-order valence-corrected chi connectivity index (χ0v) is 21.1. The van der Waals surface area contributed by atoms with Crippen LogP contribution >= 0.6 is 11.6 Å². The number of urea groups is 1. The minimum atomic E-state index is -4.92. The molecule has 2 amide bonds. The molecule has 0 radical (unpaired) electrons. The Morgan fingerprint density at radius 2 is 1.88 bits per heavy atom. The van der Waals surface area contributed by atoms with Crippen LogP contribution in [-0.2, 0) is 6.18 Å². The lowest BCUT2D eigenvalue weighted by Gasteiger charge is -2.36. The van der Waals surface area contributed by atoms with Crippen molar-refractivity contribution in [2.45, 2.75) is 31.4 Å². The van der Waals surface area contributed by atoms with Crippen LogP contribution in [0.5, 0.6) is 5.75 Å². The van der Waals surface area contributed by atoms with E-state index in [0.717, 1.165) is 46.3 Å². The van der Waals surface area contributed by atoms with Crippen molar-refractivity contribution in [3.8, 4) is 11.8 Å². The number of hydrogen-bond donors (Lipinski definition) is 0. The largest absolute Gasteiger partial charge is 0.573 e. The highest BCUT2D eigenvalue weighted by molar-refractivity contribution is 6.30. The Morgan fingerprint density at radius 3 is 2.50 bits per heavy atom. The lowest BCUT2D eigenvalue weighted by atomic mass is 9.97. The van der Waals surface area contributed by atoms with E-state index in [1.807, 2.05) is 6.07 Å². The van der Waals surface area contributed by atoms with E-state index in [9.17, 15) is 36.4 Å². The first-order valence-corrected chi connectivity index (χ1v) is 12.0. The number of amides is 2.